The molecule has 0 unspecified atom stereocenters. The first kappa shape index (κ1) is 18.0. The van der Waals surface area contributed by atoms with E-state index in [1.54, 1.807) is 0 Å². The molecule has 1 aromatic rings. The van der Waals surface area contributed by atoms with Gasteiger partial charge in [0.15, 0.2) is 6.61 Å². The Balaban J connectivity index is 2.09. The van der Waals surface area contributed by atoms with Crippen molar-refractivity contribution < 1.29 is 31.4 Å². The summed E-state index contributed by atoms with van der Waals surface area (Å²) in [6.45, 7) is 0.735. The summed E-state index contributed by atoms with van der Waals surface area (Å²) >= 11 is 0. The Bertz CT molecular complexity index is 634. The average Bonchev–Trinajstić information content (AvgIpc) is 2.87. The number of aliphatic hydroxyl groups excluding tert-OH is 1. The Hall–Kier alpha value is -1.39. The summed E-state index contributed by atoms with van der Waals surface area (Å²) in [5, 5.41) is 9.21. The van der Waals surface area contributed by atoms with E-state index < -0.39 is 22.8 Å². The van der Waals surface area contributed by atoms with Gasteiger partial charge in [0.1, 0.15) is 4.90 Å². The number of hydrogen-bond acceptors (Lipinski definition) is 5. The molecule has 130 valence electrons. The number of alkyl halides is 3. The zero-order chi connectivity index (χ0) is 17.3. The molecule has 1 fully saturated rings. The topological polar surface area (TPSA) is 79.7 Å². The first-order valence-electron chi connectivity index (χ1n) is 6.90. The maximum atomic E-state index is 12.5. The Morgan fingerprint density at radius 2 is 2.09 bits per heavy atom. The van der Waals surface area contributed by atoms with E-state index in [9.17, 15) is 26.7 Å². The van der Waals surface area contributed by atoms with E-state index in [0.717, 1.165) is 18.3 Å². The predicted molar refractivity (Wildman–Crippen MR) is 74.3 cm³/mol. The zero-order valence-corrected chi connectivity index (χ0v) is 13.1. The van der Waals surface area contributed by atoms with Crippen LogP contribution in [-0.4, -0.2) is 55.3 Å². The maximum absolute atomic E-state index is 12.5. The number of pyridine rings is 1. The van der Waals surface area contributed by atoms with E-state index in [-0.39, 0.29) is 42.3 Å². The molecule has 10 heteroatoms. The van der Waals surface area contributed by atoms with Crippen molar-refractivity contribution in [2.75, 3.05) is 26.3 Å². The van der Waals surface area contributed by atoms with Gasteiger partial charge in [0.25, 0.3) is 0 Å². The first-order valence-corrected chi connectivity index (χ1v) is 8.34. The fourth-order valence-electron chi connectivity index (χ4n) is 2.33. The van der Waals surface area contributed by atoms with Crippen molar-refractivity contribution in [3.63, 3.8) is 0 Å². The van der Waals surface area contributed by atoms with Crippen LogP contribution in [0.25, 0.3) is 0 Å². The van der Waals surface area contributed by atoms with Gasteiger partial charge < -0.3 is 9.84 Å². The molecule has 1 saturated heterocycles. The molecule has 1 N–H and O–H groups in total. The molecule has 2 rings (SSSR count). The molecule has 1 aliphatic rings. The molecule has 23 heavy (non-hydrogen) atoms. The van der Waals surface area contributed by atoms with Crippen LogP contribution >= 0.6 is 0 Å². The van der Waals surface area contributed by atoms with Crippen molar-refractivity contribution >= 4 is 10.0 Å². The Morgan fingerprint density at radius 3 is 2.57 bits per heavy atom. The third-order valence-corrected chi connectivity index (χ3v) is 5.51. The molecule has 0 radical (unpaired) electrons. The quantitative estimate of drug-likeness (QED) is 0.861. The number of halogens is 3. The van der Waals surface area contributed by atoms with E-state index >= 15 is 0 Å². The van der Waals surface area contributed by atoms with Crippen LogP contribution in [0.1, 0.15) is 6.92 Å². The lowest BCUT2D eigenvalue weighted by atomic mass is 10.00. The fourth-order valence-corrected chi connectivity index (χ4v) is 3.87. The van der Waals surface area contributed by atoms with Crippen LogP contribution in [0.2, 0.25) is 0 Å². The van der Waals surface area contributed by atoms with Crippen LogP contribution in [0.4, 0.5) is 13.2 Å². The summed E-state index contributed by atoms with van der Waals surface area (Å²) in [6.07, 6.45) is -3.52. The van der Waals surface area contributed by atoms with Crippen molar-refractivity contribution in [2.45, 2.75) is 18.0 Å². The number of aliphatic hydroxyl groups is 1. The van der Waals surface area contributed by atoms with Gasteiger partial charge in [-0.05, 0) is 17.9 Å². The molecule has 0 saturated carbocycles. The van der Waals surface area contributed by atoms with Gasteiger partial charge in [0.2, 0.25) is 15.9 Å². The van der Waals surface area contributed by atoms with Crippen molar-refractivity contribution in [1.29, 1.82) is 0 Å². The van der Waals surface area contributed by atoms with Crippen molar-refractivity contribution in [3.8, 4) is 5.88 Å². The van der Waals surface area contributed by atoms with E-state index in [2.05, 4.69) is 9.72 Å². The predicted octanol–water partition coefficient (Wildman–Crippen LogP) is 1.27. The average molecular weight is 354 g/mol. The summed E-state index contributed by atoms with van der Waals surface area (Å²) in [4.78, 5) is 3.48. The molecule has 2 heterocycles. The molecular formula is C13H17F3N2O4S. The summed E-state index contributed by atoms with van der Waals surface area (Å²) in [6, 6.07) is 2.24. The zero-order valence-electron chi connectivity index (χ0n) is 12.3. The maximum Gasteiger partial charge on any atom is 0.422 e. The molecule has 0 aromatic carbocycles. The van der Waals surface area contributed by atoms with Crippen LogP contribution in [0.3, 0.4) is 0 Å². The second kappa shape index (κ2) is 6.62. The van der Waals surface area contributed by atoms with Gasteiger partial charge in [-0.25, -0.2) is 13.4 Å². The molecule has 0 aliphatic carbocycles. The molecule has 1 aliphatic heterocycles. The molecule has 0 spiro atoms. The lowest BCUT2D eigenvalue weighted by Crippen LogP contribution is -2.29. The normalized spacial score (nSPS) is 23.2. The van der Waals surface area contributed by atoms with Gasteiger partial charge in [0, 0.05) is 25.8 Å². The second-order valence-corrected chi connectivity index (χ2v) is 7.42. The van der Waals surface area contributed by atoms with Crippen LogP contribution in [0.5, 0.6) is 5.88 Å². The number of rotatable bonds is 5. The second-order valence-electron chi connectivity index (χ2n) is 5.48. The number of aromatic nitrogens is 1. The largest absolute Gasteiger partial charge is 0.468 e. The minimum atomic E-state index is -4.49. The van der Waals surface area contributed by atoms with E-state index in [4.69, 9.17) is 0 Å². The van der Waals surface area contributed by atoms with Gasteiger partial charge in [-0.15, -0.1) is 0 Å². The number of nitrogens with zero attached hydrogens (tertiary/aromatic N) is 2. The number of sulfonamides is 1. The Kier molecular flexibility index (Phi) is 5.17. The van der Waals surface area contributed by atoms with Crippen molar-refractivity contribution in [3.05, 3.63) is 18.3 Å². The highest BCUT2D eigenvalue weighted by molar-refractivity contribution is 7.89. The van der Waals surface area contributed by atoms with E-state index in [0.29, 0.717) is 0 Å². The van der Waals surface area contributed by atoms with Gasteiger partial charge in [-0.2, -0.15) is 17.5 Å². The molecular weight excluding hydrogens is 337 g/mol. The third-order valence-electron chi connectivity index (χ3n) is 3.70. The van der Waals surface area contributed by atoms with Gasteiger partial charge >= 0.3 is 6.18 Å². The Morgan fingerprint density at radius 1 is 1.39 bits per heavy atom. The standard InChI is InChI=1S/C13H17F3N2O4S/c1-9-5-18(6-10(9)7-19)23(20,21)11-2-3-12(17-4-11)22-8-13(14,15)16/h2-4,9-10,19H,5-8H2,1H3/t9-,10+/m1/s1. The fraction of sp³-hybridized carbons (Fsp3) is 0.615. The summed E-state index contributed by atoms with van der Waals surface area (Å²) < 4.78 is 66.7. The monoisotopic (exact) mass is 354 g/mol. The smallest absolute Gasteiger partial charge is 0.422 e. The molecule has 2 atom stereocenters. The minimum absolute atomic E-state index is 0.0251. The summed E-state index contributed by atoms with van der Waals surface area (Å²) in [5.74, 6) is -0.409. The van der Waals surface area contributed by atoms with Crippen molar-refractivity contribution in [2.24, 2.45) is 11.8 Å². The first-order chi connectivity index (χ1) is 10.6. The van der Waals surface area contributed by atoms with Crippen LogP contribution in [-0.2, 0) is 10.0 Å². The highest BCUT2D eigenvalue weighted by Gasteiger charge is 2.37. The lowest BCUT2D eigenvalue weighted by Gasteiger charge is -2.16. The van der Waals surface area contributed by atoms with E-state index in [1.165, 1.54) is 4.31 Å². The summed E-state index contributed by atoms with van der Waals surface area (Å²) in [5.41, 5.74) is 0. The van der Waals surface area contributed by atoms with Crippen LogP contribution in [0.15, 0.2) is 23.2 Å². The Labute approximate surface area is 131 Å². The van der Waals surface area contributed by atoms with Gasteiger partial charge in [0.05, 0.1) is 6.20 Å². The van der Waals surface area contributed by atoms with Gasteiger partial charge in [-0.1, -0.05) is 6.92 Å². The van der Waals surface area contributed by atoms with Gasteiger partial charge in [-0.3, -0.25) is 0 Å². The van der Waals surface area contributed by atoms with E-state index in [1.807, 2.05) is 6.92 Å². The molecule has 0 bridgehead atoms. The van der Waals surface area contributed by atoms with Crippen LogP contribution in [0, 0.1) is 11.8 Å². The molecule has 0 amide bonds. The third kappa shape index (κ3) is 4.33. The molecule has 6 nitrogen and oxygen atoms in total. The minimum Gasteiger partial charge on any atom is -0.468 e. The highest BCUT2D eigenvalue weighted by atomic mass is 32.2. The SMILES string of the molecule is C[C@@H]1CN(S(=O)(=O)c2ccc(OCC(F)(F)F)nc2)C[C@H]1CO. The van der Waals surface area contributed by atoms with Crippen molar-refractivity contribution in [1.82, 2.24) is 9.29 Å². The molecule has 1 aromatic heterocycles. The van der Waals surface area contributed by atoms with Crippen LogP contribution < -0.4 is 4.74 Å². The highest BCUT2D eigenvalue weighted by Crippen LogP contribution is 2.28. The summed E-state index contributed by atoms with van der Waals surface area (Å²) in [7, 11) is -3.79. The number of ether oxygens (including phenoxy) is 1. The lowest BCUT2D eigenvalue weighted by molar-refractivity contribution is -0.154. The number of hydrogen-bond donors (Lipinski definition) is 1.